The van der Waals surface area contributed by atoms with E-state index in [1.54, 1.807) is 85.8 Å². The van der Waals surface area contributed by atoms with Crippen LogP contribution in [0.1, 0.15) is 38.9 Å². The molecule has 0 saturated heterocycles. The summed E-state index contributed by atoms with van der Waals surface area (Å²) in [5.41, 5.74) is 3.03. The summed E-state index contributed by atoms with van der Waals surface area (Å²) in [7, 11) is 0. The molecule has 5 rings (SSSR count). The molecule has 0 atom stereocenters. The van der Waals surface area contributed by atoms with Gasteiger partial charge in [0.05, 0.1) is 29.5 Å². The maximum atomic E-state index is 13.7. The van der Waals surface area contributed by atoms with E-state index in [2.05, 4.69) is 15.5 Å². The Bertz CT molecular complexity index is 1770. The molecule has 0 unspecified atom stereocenters. The highest BCUT2D eigenvalue weighted by Gasteiger charge is 2.34. The Labute approximate surface area is 238 Å². The number of hydrogen-bond donors (Lipinski definition) is 2. The number of alkyl halides is 3. The summed E-state index contributed by atoms with van der Waals surface area (Å²) in [5.74, 6) is -0.781. The van der Waals surface area contributed by atoms with E-state index in [1.165, 1.54) is 18.3 Å². The molecule has 1 aromatic heterocycles. The van der Waals surface area contributed by atoms with Crippen LogP contribution in [0.5, 0.6) is 11.5 Å². The minimum absolute atomic E-state index is 0.0665. The molecule has 0 aliphatic rings. The summed E-state index contributed by atoms with van der Waals surface area (Å²) < 4.78 is 52.3. The van der Waals surface area contributed by atoms with Gasteiger partial charge < -0.3 is 14.5 Å². The van der Waals surface area contributed by atoms with Crippen molar-refractivity contribution in [2.75, 3.05) is 6.61 Å². The number of ether oxygens (including phenoxy) is 2. The van der Waals surface area contributed by atoms with Crippen LogP contribution in [0, 0.1) is 0 Å². The lowest BCUT2D eigenvalue weighted by Gasteiger charge is -2.11. The number of fused-ring (bicyclic) bond motifs is 1. The number of hydrogen-bond acceptors (Lipinski definition) is 5. The Morgan fingerprint density at radius 3 is 2.31 bits per heavy atom. The summed E-state index contributed by atoms with van der Waals surface area (Å²) in [6.07, 6.45) is -3.28. The first kappa shape index (κ1) is 28.2. The molecule has 0 aliphatic carbocycles. The molecule has 0 saturated carbocycles. The number of para-hydroxylation sites is 1. The zero-order valence-electron chi connectivity index (χ0n) is 22.2. The van der Waals surface area contributed by atoms with Crippen LogP contribution in [0.25, 0.3) is 22.0 Å². The average molecular weight is 572 g/mol. The first-order valence-electron chi connectivity index (χ1n) is 12.9. The van der Waals surface area contributed by atoms with Crippen molar-refractivity contribution in [2.45, 2.75) is 13.1 Å². The number of carbonyl (C=O) groups is 2. The number of carbonyl (C=O) groups excluding carboxylic acids is 2. The summed E-state index contributed by atoms with van der Waals surface area (Å²) in [6.45, 7) is 2.08. The fourth-order valence-electron chi connectivity index (χ4n) is 4.44. The largest absolute Gasteiger partial charge is 0.490 e. The molecule has 2 N–H and O–H groups in total. The smallest absolute Gasteiger partial charge is 0.418 e. The molecule has 0 bridgehead atoms. The number of H-pyrrole nitrogens is 1. The van der Waals surface area contributed by atoms with E-state index in [0.29, 0.717) is 34.6 Å². The number of benzene rings is 4. The van der Waals surface area contributed by atoms with Crippen molar-refractivity contribution in [1.82, 2.24) is 10.4 Å². The third kappa shape index (κ3) is 6.02. The number of aromatic nitrogens is 1. The van der Waals surface area contributed by atoms with E-state index in [0.717, 1.165) is 6.07 Å². The standard InChI is InChI=1S/C32H24F3N3O4/c1-2-41-26-18-20(16-17-25(26)42-31(40)22-12-7-4-8-13-22)19-36-38-30(39)29-27(21-10-5-3-6-11-21)23-14-9-15-24(28(23)37-29)32(33,34)35/h3-19,37H,2H2,1H3,(H,38,39). The fraction of sp³-hybridized carbons (Fsp3) is 0.0938. The molecule has 212 valence electrons. The minimum Gasteiger partial charge on any atom is -0.490 e. The Morgan fingerprint density at radius 2 is 1.62 bits per heavy atom. The lowest BCUT2D eigenvalue weighted by Crippen LogP contribution is -2.19. The van der Waals surface area contributed by atoms with Crippen molar-refractivity contribution in [3.05, 3.63) is 119 Å². The number of aromatic amines is 1. The maximum absolute atomic E-state index is 13.7. The number of esters is 1. The van der Waals surface area contributed by atoms with Crippen LogP contribution < -0.4 is 14.9 Å². The normalized spacial score (nSPS) is 11.5. The first-order valence-corrected chi connectivity index (χ1v) is 12.9. The molecule has 5 aromatic rings. The highest BCUT2D eigenvalue weighted by molar-refractivity contribution is 6.10. The molecule has 0 radical (unpaired) electrons. The second-order valence-corrected chi connectivity index (χ2v) is 9.06. The van der Waals surface area contributed by atoms with Crippen LogP contribution in [0.4, 0.5) is 13.2 Å². The van der Waals surface area contributed by atoms with Gasteiger partial charge in [0.2, 0.25) is 0 Å². The van der Waals surface area contributed by atoms with Crippen molar-refractivity contribution < 1.29 is 32.2 Å². The average Bonchev–Trinajstić information content (AvgIpc) is 3.39. The molecule has 4 aromatic carbocycles. The van der Waals surface area contributed by atoms with Gasteiger partial charge in [0.1, 0.15) is 5.69 Å². The van der Waals surface area contributed by atoms with E-state index in [4.69, 9.17) is 9.47 Å². The van der Waals surface area contributed by atoms with E-state index in [-0.39, 0.29) is 22.3 Å². The number of hydrazone groups is 1. The first-order chi connectivity index (χ1) is 20.3. The second-order valence-electron chi connectivity index (χ2n) is 9.06. The molecule has 7 nitrogen and oxygen atoms in total. The van der Waals surface area contributed by atoms with Crippen molar-refractivity contribution >= 4 is 29.0 Å². The predicted octanol–water partition coefficient (Wildman–Crippen LogP) is 7.24. The monoisotopic (exact) mass is 571 g/mol. The highest BCUT2D eigenvalue weighted by atomic mass is 19.4. The molecule has 0 fully saturated rings. The zero-order valence-corrected chi connectivity index (χ0v) is 22.2. The predicted molar refractivity (Wildman–Crippen MR) is 153 cm³/mol. The molecule has 1 heterocycles. The van der Waals surface area contributed by atoms with Crippen LogP contribution in [0.15, 0.2) is 102 Å². The van der Waals surface area contributed by atoms with Gasteiger partial charge >= 0.3 is 12.1 Å². The summed E-state index contributed by atoms with van der Waals surface area (Å²) in [6, 6.07) is 25.7. The van der Waals surface area contributed by atoms with Crippen LogP contribution in [0.2, 0.25) is 0 Å². The van der Waals surface area contributed by atoms with Gasteiger partial charge in [0.25, 0.3) is 5.91 Å². The Kier molecular flexibility index (Phi) is 8.05. The van der Waals surface area contributed by atoms with Gasteiger partial charge in [-0.05, 0) is 54.4 Å². The number of nitrogens with one attached hydrogen (secondary N) is 2. The van der Waals surface area contributed by atoms with Gasteiger partial charge in [-0.1, -0.05) is 60.7 Å². The second kappa shape index (κ2) is 12.0. The molecule has 0 spiro atoms. The molecule has 0 aliphatic heterocycles. The Morgan fingerprint density at radius 1 is 0.905 bits per heavy atom. The lowest BCUT2D eigenvalue weighted by molar-refractivity contribution is -0.136. The topological polar surface area (TPSA) is 92.8 Å². The summed E-state index contributed by atoms with van der Waals surface area (Å²) in [5, 5.41) is 4.26. The van der Waals surface area contributed by atoms with Crippen LogP contribution in [0.3, 0.4) is 0 Å². The quantitative estimate of drug-likeness (QED) is 0.0889. The van der Waals surface area contributed by atoms with Gasteiger partial charge in [-0.3, -0.25) is 4.79 Å². The maximum Gasteiger partial charge on any atom is 0.418 e. The van der Waals surface area contributed by atoms with Crippen molar-refractivity contribution in [3.63, 3.8) is 0 Å². The van der Waals surface area contributed by atoms with E-state index < -0.39 is 23.6 Å². The van der Waals surface area contributed by atoms with Gasteiger partial charge in [0, 0.05) is 10.9 Å². The van der Waals surface area contributed by atoms with Crippen LogP contribution >= 0.6 is 0 Å². The Balaban J connectivity index is 1.41. The minimum atomic E-state index is -4.62. The molecule has 1 amide bonds. The molecule has 42 heavy (non-hydrogen) atoms. The Hall–Kier alpha value is -5.38. The number of rotatable bonds is 8. The van der Waals surface area contributed by atoms with Crippen molar-refractivity contribution in [3.8, 4) is 22.6 Å². The molecular weight excluding hydrogens is 547 g/mol. The zero-order chi connectivity index (χ0) is 29.7. The van der Waals surface area contributed by atoms with Crippen molar-refractivity contribution in [1.29, 1.82) is 0 Å². The van der Waals surface area contributed by atoms with E-state index in [9.17, 15) is 22.8 Å². The summed E-state index contributed by atoms with van der Waals surface area (Å²) in [4.78, 5) is 28.4. The summed E-state index contributed by atoms with van der Waals surface area (Å²) >= 11 is 0. The van der Waals surface area contributed by atoms with Crippen LogP contribution in [-0.2, 0) is 6.18 Å². The number of nitrogens with zero attached hydrogens (tertiary/aromatic N) is 1. The fourth-order valence-corrected chi connectivity index (χ4v) is 4.44. The third-order valence-corrected chi connectivity index (χ3v) is 6.29. The lowest BCUT2D eigenvalue weighted by atomic mass is 10.0. The van der Waals surface area contributed by atoms with E-state index in [1.807, 2.05) is 0 Å². The van der Waals surface area contributed by atoms with Crippen LogP contribution in [-0.4, -0.2) is 29.7 Å². The van der Waals surface area contributed by atoms with Gasteiger partial charge in [-0.25, -0.2) is 10.2 Å². The third-order valence-electron chi connectivity index (χ3n) is 6.29. The van der Waals surface area contributed by atoms with E-state index >= 15 is 0 Å². The van der Waals surface area contributed by atoms with Gasteiger partial charge in [0.15, 0.2) is 11.5 Å². The molecular formula is C32H24F3N3O4. The SMILES string of the molecule is CCOc1cc(C=NNC(=O)c2[nH]c3c(C(F)(F)F)cccc3c2-c2ccccc2)ccc1OC(=O)c1ccccc1. The number of amides is 1. The van der Waals surface area contributed by atoms with Gasteiger partial charge in [-0.15, -0.1) is 0 Å². The highest BCUT2D eigenvalue weighted by Crippen LogP contribution is 2.39. The van der Waals surface area contributed by atoms with Crippen molar-refractivity contribution in [2.24, 2.45) is 5.10 Å². The molecule has 10 heteroatoms. The van der Waals surface area contributed by atoms with Gasteiger partial charge in [-0.2, -0.15) is 18.3 Å². The number of halogens is 3.